The van der Waals surface area contributed by atoms with Crippen LogP contribution in [0.3, 0.4) is 0 Å². The second kappa shape index (κ2) is 5.33. The van der Waals surface area contributed by atoms with Crippen molar-refractivity contribution < 1.29 is 4.79 Å². The molecule has 0 aromatic heterocycles. The van der Waals surface area contributed by atoms with E-state index in [9.17, 15) is 4.79 Å². The highest BCUT2D eigenvalue weighted by Gasteiger charge is 2.54. The fourth-order valence-corrected chi connectivity index (χ4v) is 3.41. The maximum atomic E-state index is 12.0. The Balaban J connectivity index is 1.54. The van der Waals surface area contributed by atoms with Crippen LogP contribution in [0.1, 0.15) is 31.2 Å². The van der Waals surface area contributed by atoms with Crippen LogP contribution in [0.4, 0.5) is 0 Å². The fourth-order valence-electron chi connectivity index (χ4n) is 3.21. The molecule has 19 heavy (non-hydrogen) atoms. The molecule has 4 heteroatoms. The lowest BCUT2D eigenvalue weighted by molar-refractivity contribution is -0.122. The summed E-state index contributed by atoms with van der Waals surface area (Å²) >= 11 is 5.88. The van der Waals surface area contributed by atoms with Gasteiger partial charge in [-0.2, -0.15) is 5.10 Å². The lowest BCUT2D eigenvalue weighted by Gasteiger charge is -2.04. The number of amides is 1. The zero-order valence-electron chi connectivity index (χ0n) is 10.7. The second-order valence-electron chi connectivity index (χ2n) is 5.43. The van der Waals surface area contributed by atoms with Gasteiger partial charge in [-0.1, -0.05) is 36.6 Å². The summed E-state index contributed by atoms with van der Waals surface area (Å²) in [4.78, 5) is 12.0. The number of fused-ring (bicyclic) bond motifs is 1. The number of hydrazone groups is 1. The number of rotatable bonds is 3. The molecule has 3 rings (SSSR count). The van der Waals surface area contributed by atoms with E-state index in [1.165, 1.54) is 25.7 Å². The van der Waals surface area contributed by atoms with E-state index in [2.05, 4.69) is 10.5 Å². The number of hydrogen-bond donors (Lipinski definition) is 1. The zero-order valence-corrected chi connectivity index (χ0v) is 11.4. The van der Waals surface area contributed by atoms with Crippen LogP contribution < -0.4 is 5.43 Å². The molecule has 1 unspecified atom stereocenters. The Morgan fingerprint density at radius 2 is 2.05 bits per heavy atom. The summed E-state index contributed by atoms with van der Waals surface area (Å²) < 4.78 is 0. The highest BCUT2D eigenvalue weighted by molar-refractivity contribution is 6.30. The van der Waals surface area contributed by atoms with E-state index < -0.39 is 0 Å². The predicted octanol–water partition coefficient (Wildman–Crippen LogP) is 3.23. The molecular weight excluding hydrogens is 260 g/mol. The summed E-state index contributed by atoms with van der Waals surface area (Å²) in [5.41, 5.74) is 3.55. The van der Waals surface area contributed by atoms with Crippen molar-refractivity contribution in [2.24, 2.45) is 22.9 Å². The zero-order chi connectivity index (χ0) is 13.2. The van der Waals surface area contributed by atoms with Crippen molar-refractivity contribution in [2.75, 3.05) is 0 Å². The second-order valence-corrected chi connectivity index (χ2v) is 5.86. The van der Waals surface area contributed by atoms with Gasteiger partial charge >= 0.3 is 0 Å². The van der Waals surface area contributed by atoms with E-state index >= 15 is 0 Å². The Bertz CT molecular complexity index is 503. The summed E-state index contributed by atoms with van der Waals surface area (Å²) in [6.45, 7) is 0. The van der Waals surface area contributed by atoms with E-state index in [0.717, 1.165) is 5.56 Å². The van der Waals surface area contributed by atoms with E-state index in [1.54, 1.807) is 6.21 Å². The van der Waals surface area contributed by atoms with Gasteiger partial charge in [0, 0.05) is 10.9 Å². The van der Waals surface area contributed by atoms with Gasteiger partial charge in [-0.05, 0) is 42.4 Å². The fraction of sp³-hybridized carbons (Fsp3) is 0.467. The van der Waals surface area contributed by atoms with Gasteiger partial charge in [0.2, 0.25) is 5.91 Å². The van der Waals surface area contributed by atoms with Crippen molar-refractivity contribution in [2.45, 2.75) is 25.7 Å². The summed E-state index contributed by atoms with van der Waals surface area (Å²) in [5.74, 6) is 1.53. The number of nitrogens with one attached hydrogen (secondary N) is 1. The topological polar surface area (TPSA) is 41.5 Å². The first-order valence-electron chi connectivity index (χ1n) is 6.84. The monoisotopic (exact) mass is 276 g/mol. The number of hydrogen-bond acceptors (Lipinski definition) is 2. The summed E-state index contributed by atoms with van der Waals surface area (Å²) in [6, 6.07) is 7.39. The molecule has 0 spiro atoms. The van der Waals surface area contributed by atoms with Crippen LogP contribution in [0.25, 0.3) is 0 Å². The largest absolute Gasteiger partial charge is 0.273 e. The van der Waals surface area contributed by atoms with Crippen LogP contribution in [-0.2, 0) is 4.79 Å². The number of carbonyl (C=O) groups is 1. The molecule has 2 saturated carbocycles. The van der Waals surface area contributed by atoms with E-state index in [0.29, 0.717) is 16.9 Å². The van der Waals surface area contributed by atoms with Crippen LogP contribution in [0, 0.1) is 17.8 Å². The molecule has 1 N–H and O–H groups in total. The van der Waals surface area contributed by atoms with Gasteiger partial charge in [0.05, 0.1) is 6.21 Å². The smallest absolute Gasteiger partial charge is 0.243 e. The number of nitrogens with zero attached hydrogens (tertiary/aromatic N) is 1. The summed E-state index contributed by atoms with van der Waals surface area (Å²) in [6.07, 6.45) is 6.60. The number of benzene rings is 1. The van der Waals surface area contributed by atoms with Crippen LogP contribution in [0.5, 0.6) is 0 Å². The third-order valence-corrected chi connectivity index (χ3v) is 4.43. The van der Waals surface area contributed by atoms with Crippen LogP contribution >= 0.6 is 11.6 Å². The first-order chi connectivity index (χ1) is 9.25. The Hall–Kier alpha value is -1.35. The van der Waals surface area contributed by atoms with Gasteiger partial charge in [-0.15, -0.1) is 0 Å². The minimum atomic E-state index is 0.0789. The van der Waals surface area contributed by atoms with Gasteiger partial charge in [-0.25, -0.2) is 5.43 Å². The Labute approximate surface area is 118 Å². The van der Waals surface area contributed by atoms with Crippen molar-refractivity contribution in [3.8, 4) is 0 Å². The molecule has 0 heterocycles. The molecule has 1 aromatic carbocycles. The van der Waals surface area contributed by atoms with E-state index in [4.69, 9.17) is 11.6 Å². The quantitative estimate of drug-likeness (QED) is 0.668. The van der Waals surface area contributed by atoms with Gasteiger partial charge < -0.3 is 0 Å². The third-order valence-electron chi connectivity index (χ3n) is 4.20. The lowest BCUT2D eigenvalue weighted by atomic mass is 10.0. The predicted molar refractivity (Wildman–Crippen MR) is 76.1 cm³/mol. The van der Waals surface area contributed by atoms with Crippen molar-refractivity contribution in [3.63, 3.8) is 0 Å². The van der Waals surface area contributed by atoms with Crippen molar-refractivity contribution in [1.82, 2.24) is 5.43 Å². The first-order valence-corrected chi connectivity index (χ1v) is 7.22. The molecule has 1 aromatic rings. The molecule has 2 aliphatic carbocycles. The van der Waals surface area contributed by atoms with Gasteiger partial charge in [-0.3, -0.25) is 4.79 Å². The number of halogens is 1. The molecule has 1 amide bonds. The molecule has 0 bridgehead atoms. The standard InChI is InChI=1S/C15H17ClN2O/c16-11-5-3-4-10(8-11)9-17-18-15(19)14-12-6-1-2-7-13(12)14/h3-5,8-9,12-14H,1-2,6-7H2,(H,18,19)/b17-9+/t12-,13+,14?. The van der Waals surface area contributed by atoms with Crippen LogP contribution in [0.2, 0.25) is 5.02 Å². The highest BCUT2D eigenvalue weighted by Crippen LogP contribution is 2.55. The van der Waals surface area contributed by atoms with Gasteiger partial charge in [0.25, 0.3) is 0 Å². The molecule has 2 fully saturated rings. The molecule has 0 aliphatic heterocycles. The average Bonchev–Trinajstić information content (AvgIpc) is 3.13. The number of carbonyl (C=O) groups excluding carboxylic acids is 1. The van der Waals surface area contributed by atoms with E-state index in [1.807, 2.05) is 24.3 Å². The summed E-state index contributed by atoms with van der Waals surface area (Å²) in [7, 11) is 0. The molecule has 2 aliphatic rings. The maximum Gasteiger partial charge on any atom is 0.243 e. The minimum absolute atomic E-state index is 0.0789. The molecule has 3 atom stereocenters. The minimum Gasteiger partial charge on any atom is -0.273 e. The lowest BCUT2D eigenvalue weighted by Crippen LogP contribution is -2.20. The van der Waals surface area contributed by atoms with Gasteiger partial charge in [0.15, 0.2) is 0 Å². The summed E-state index contributed by atoms with van der Waals surface area (Å²) in [5, 5.41) is 4.69. The first kappa shape index (κ1) is 12.7. The van der Waals surface area contributed by atoms with Crippen LogP contribution in [0.15, 0.2) is 29.4 Å². The maximum absolute atomic E-state index is 12.0. The molecule has 3 nitrogen and oxygen atoms in total. The molecule has 0 radical (unpaired) electrons. The normalized spacial score (nSPS) is 29.0. The molecular formula is C15H17ClN2O. The third kappa shape index (κ3) is 2.81. The van der Waals surface area contributed by atoms with Crippen molar-refractivity contribution in [1.29, 1.82) is 0 Å². The SMILES string of the molecule is O=C(N/N=C/c1cccc(Cl)c1)C1[C@H]2CCCC[C@@H]12. The highest BCUT2D eigenvalue weighted by atomic mass is 35.5. The molecule has 0 saturated heterocycles. The average molecular weight is 277 g/mol. The van der Waals surface area contributed by atoms with Crippen molar-refractivity contribution in [3.05, 3.63) is 34.9 Å². The van der Waals surface area contributed by atoms with Crippen LogP contribution in [-0.4, -0.2) is 12.1 Å². The van der Waals surface area contributed by atoms with Crippen molar-refractivity contribution >= 4 is 23.7 Å². The molecule has 100 valence electrons. The van der Waals surface area contributed by atoms with E-state index in [-0.39, 0.29) is 11.8 Å². The Kier molecular flexibility index (Phi) is 3.56. The van der Waals surface area contributed by atoms with Gasteiger partial charge in [0.1, 0.15) is 0 Å². The Morgan fingerprint density at radius 1 is 1.32 bits per heavy atom. The Morgan fingerprint density at radius 3 is 2.74 bits per heavy atom.